The van der Waals surface area contributed by atoms with Crippen LogP contribution < -0.4 is 11.2 Å². The predicted octanol–water partition coefficient (Wildman–Crippen LogP) is 0.0899. The summed E-state index contributed by atoms with van der Waals surface area (Å²) in [6.07, 6.45) is 3.28. The van der Waals surface area contributed by atoms with Crippen LogP contribution in [0.15, 0.2) is 34.3 Å². The van der Waals surface area contributed by atoms with Gasteiger partial charge in [-0.2, -0.15) is 9.78 Å². The molecule has 0 radical (unpaired) electrons. The Labute approximate surface area is 135 Å². The number of amides is 1. The van der Waals surface area contributed by atoms with Crippen molar-refractivity contribution in [2.24, 2.45) is 5.10 Å². The van der Waals surface area contributed by atoms with E-state index in [1.54, 1.807) is 38.4 Å². The number of hydrazone groups is 1. The Morgan fingerprint density at radius 2 is 2.08 bits per heavy atom. The minimum atomic E-state index is -0.512. The maximum Gasteiger partial charge on any atom is 0.293 e. The molecule has 0 aliphatic rings. The molecule has 3 aromatic rings. The van der Waals surface area contributed by atoms with Gasteiger partial charge in [0.1, 0.15) is 0 Å². The van der Waals surface area contributed by atoms with E-state index in [-0.39, 0.29) is 17.3 Å². The molecule has 3 N–H and O–H groups in total. The molecule has 0 aliphatic heterocycles. The first-order chi connectivity index (χ1) is 11.6. The van der Waals surface area contributed by atoms with Gasteiger partial charge in [-0.25, -0.2) is 10.1 Å². The Morgan fingerprint density at radius 3 is 2.75 bits per heavy atom. The van der Waals surface area contributed by atoms with E-state index in [2.05, 4.69) is 40.8 Å². The summed E-state index contributed by atoms with van der Waals surface area (Å²) in [6.45, 7) is 3.41. The fraction of sp³-hybridized carbons (Fsp3) is 0.154. The summed E-state index contributed by atoms with van der Waals surface area (Å²) >= 11 is 0. The number of hydrogen-bond donors (Lipinski definition) is 2. The molecule has 0 atom stereocenters. The Kier molecular flexibility index (Phi) is 3.97. The molecule has 1 amide bonds. The van der Waals surface area contributed by atoms with E-state index in [0.717, 1.165) is 5.56 Å². The van der Waals surface area contributed by atoms with Crippen molar-refractivity contribution in [3.8, 4) is 5.82 Å². The lowest BCUT2D eigenvalue weighted by Gasteiger charge is -2.02. The standard InChI is InChI=1S/C13H13N9O2/c1-7(9-3-5-15-6-4-9)16-18-13(23)10-8(2)22(21-17-10)12-11(14)19-24-20-12/h3-6H,1-2H3,(H2,14,19)(H,18,23)/b16-7-. The maximum atomic E-state index is 12.2. The molecule has 3 rings (SSSR count). The zero-order valence-corrected chi connectivity index (χ0v) is 12.8. The van der Waals surface area contributed by atoms with Gasteiger partial charge >= 0.3 is 0 Å². The van der Waals surface area contributed by atoms with Gasteiger partial charge in [-0.15, -0.1) is 5.10 Å². The van der Waals surface area contributed by atoms with Crippen LogP contribution in [0.2, 0.25) is 0 Å². The molecule has 0 unspecified atom stereocenters. The lowest BCUT2D eigenvalue weighted by Crippen LogP contribution is -2.21. The van der Waals surface area contributed by atoms with Crippen LogP contribution in [0.4, 0.5) is 5.82 Å². The lowest BCUT2D eigenvalue weighted by atomic mass is 10.2. The van der Waals surface area contributed by atoms with Gasteiger partial charge in [0.05, 0.1) is 11.4 Å². The molecule has 0 fully saturated rings. The van der Waals surface area contributed by atoms with Crippen LogP contribution in [0, 0.1) is 6.92 Å². The van der Waals surface area contributed by atoms with Crippen molar-refractivity contribution in [1.82, 2.24) is 35.7 Å². The Balaban J connectivity index is 1.79. The predicted molar refractivity (Wildman–Crippen MR) is 82.3 cm³/mol. The van der Waals surface area contributed by atoms with E-state index in [1.165, 1.54) is 4.68 Å². The van der Waals surface area contributed by atoms with Gasteiger partial charge in [0.15, 0.2) is 5.69 Å². The number of aromatic nitrogens is 6. The molecule has 0 aliphatic carbocycles. The molecule has 11 nitrogen and oxygen atoms in total. The van der Waals surface area contributed by atoms with Crippen molar-refractivity contribution in [3.05, 3.63) is 41.5 Å². The molecular weight excluding hydrogens is 314 g/mol. The molecule has 122 valence electrons. The molecule has 3 aromatic heterocycles. The van der Waals surface area contributed by atoms with Crippen LogP contribution in [-0.2, 0) is 0 Å². The molecule has 3 heterocycles. The van der Waals surface area contributed by atoms with Crippen LogP contribution in [0.25, 0.3) is 5.82 Å². The first kappa shape index (κ1) is 15.3. The van der Waals surface area contributed by atoms with E-state index in [4.69, 9.17) is 5.73 Å². The first-order valence-electron chi connectivity index (χ1n) is 6.83. The van der Waals surface area contributed by atoms with E-state index in [1.807, 2.05) is 0 Å². The zero-order valence-electron chi connectivity index (χ0n) is 12.8. The summed E-state index contributed by atoms with van der Waals surface area (Å²) in [5.41, 5.74) is 10.0. The number of nitrogens with two attached hydrogens (primary N) is 1. The van der Waals surface area contributed by atoms with E-state index >= 15 is 0 Å². The molecule has 24 heavy (non-hydrogen) atoms. The molecule has 11 heteroatoms. The molecular formula is C13H13N9O2. The van der Waals surface area contributed by atoms with Crippen molar-refractivity contribution in [3.63, 3.8) is 0 Å². The average molecular weight is 327 g/mol. The molecule has 0 bridgehead atoms. The monoisotopic (exact) mass is 327 g/mol. The largest absolute Gasteiger partial charge is 0.378 e. The Hall–Kier alpha value is -3.63. The van der Waals surface area contributed by atoms with Crippen molar-refractivity contribution >= 4 is 17.4 Å². The highest BCUT2D eigenvalue weighted by Crippen LogP contribution is 2.14. The summed E-state index contributed by atoms with van der Waals surface area (Å²) in [4.78, 5) is 16.2. The number of nitrogens with zero attached hydrogens (tertiary/aromatic N) is 7. The molecule has 0 aromatic carbocycles. The normalized spacial score (nSPS) is 11.5. The number of hydrogen-bond acceptors (Lipinski definition) is 9. The fourth-order valence-corrected chi connectivity index (χ4v) is 1.92. The van der Waals surface area contributed by atoms with E-state index in [0.29, 0.717) is 11.4 Å². The maximum absolute atomic E-state index is 12.2. The van der Waals surface area contributed by atoms with Crippen LogP contribution in [0.1, 0.15) is 28.7 Å². The highest BCUT2D eigenvalue weighted by Gasteiger charge is 2.20. The van der Waals surface area contributed by atoms with Crippen molar-refractivity contribution in [1.29, 1.82) is 0 Å². The fourth-order valence-electron chi connectivity index (χ4n) is 1.92. The van der Waals surface area contributed by atoms with Gasteiger partial charge in [0.25, 0.3) is 5.91 Å². The van der Waals surface area contributed by atoms with Crippen LogP contribution >= 0.6 is 0 Å². The van der Waals surface area contributed by atoms with Crippen molar-refractivity contribution < 1.29 is 9.42 Å². The summed E-state index contributed by atoms with van der Waals surface area (Å²) in [5.74, 6) is -0.306. The number of nitrogens with one attached hydrogen (secondary N) is 1. The van der Waals surface area contributed by atoms with E-state index in [9.17, 15) is 4.79 Å². The number of rotatable bonds is 4. The summed E-state index contributed by atoms with van der Waals surface area (Å²) < 4.78 is 5.78. The third-order valence-electron chi connectivity index (χ3n) is 3.23. The topological polar surface area (TPSA) is 150 Å². The second-order valence-electron chi connectivity index (χ2n) is 4.78. The smallest absolute Gasteiger partial charge is 0.293 e. The Morgan fingerprint density at radius 1 is 1.33 bits per heavy atom. The highest BCUT2D eigenvalue weighted by atomic mass is 16.6. The number of carbonyl (C=O) groups is 1. The van der Waals surface area contributed by atoms with E-state index < -0.39 is 5.91 Å². The van der Waals surface area contributed by atoms with Gasteiger partial charge in [-0.1, -0.05) is 5.21 Å². The van der Waals surface area contributed by atoms with Gasteiger partial charge < -0.3 is 5.73 Å². The van der Waals surface area contributed by atoms with Gasteiger partial charge in [0.2, 0.25) is 11.6 Å². The second-order valence-corrected chi connectivity index (χ2v) is 4.78. The number of anilines is 1. The van der Waals surface area contributed by atoms with Gasteiger partial charge in [-0.3, -0.25) is 9.78 Å². The molecule has 0 saturated heterocycles. The minimum absolute atomic E-state index is 0.0431. The molecule has 0 saturated carbocycles. The highest BCUT2D eigenvalue weighted by molar-refractivity contribution is 6.00. The first-order valence-corrected chi connectivity index (χ1v) is 6.83. The quantitative estimate of drug-likeness (QED) is 0.505. The summed E-state index contributed by atoms with van der Waals surface area (Å²) in [5, 5.41) is 18.8. The number of nitrogen functional groups attached to an aromatic ring is 1. The Bertz CT molecular complexity index is 897. The minimum Gasteiger partial charge on any atom is -0.378 e. The van der Waals surface area contributed by atoms with Crippen LogP contribution in [0.3, 0.4) is 0 Å². The third kappa shape index (κ3) is 2.82. The summed E-state index contributed by atoms with van der Waals surface area (Å²) in [6, 6.07) is 3.57. The second kappa shape index (κ2) is 6.24. The van der Waals surface area contributed by atoms with Crippen LogP contribution in [0.5, 0.6) is 0 Å². The zero-order chi connectivity index (χ0) is 17.1. The summed E-state index contributed by atoms with van der Waals surface area (Å²) in [7, 11) is 0. The lowest BCUT2D eigenvalue weighted by molar-refractivity contribution is 0.0949. The number of carbonyl (C=O) groups excluding carboxylic acids is 1. The van der Waals surface area contributed by atoms with Crippen LogP contribution in [-0.4, -0.2) is 41.9 Å². The van der Waals surface area contributed by atoms with Crippen molar-refractivity contribution in [2.75, 3.05) is 5.73 Å². The number of pyridine rings is 1. The van der Waals surface area contributed by atoms with Gasteiger partial charge in [0, 0.05) is 18.0 Å². The average Bonchev–Trinajstić information content (AvgIpc) is 3.18. The third-order valence-corrected chi connectivity index (χ3v) is 3.23. The SMILES string of the molecule is C/C(=N/NC(=O)c1nnn(-c2nonc2N)c1C)c1ccncc1. The van der Waals surface area contributed by atoms with Gasteiger partial charge in [-0.05, 0) is 36.3 Å². The van der Waals surface area contributed by atoms with Crippen molar-refractivity contribution in [2.45, 2.75) is 13.8 Å². The molecule has 0 spiro atoms.